The van der Waals surface area contributed by atoms with Crippen molar-refractivity contribution in [2.75, 3.05) is 34.3 Å². The third-order valence-corrected chi connectivity index (χ3v) is 0.771. The summed E-state index contributed by atoms with van der Waals surface area (Å²) in [5.74, 6) is 0. The van der Waals surface area contributed by atoms with Crippen molar-refractivity contribution in [3.05, 3.63) is 0 Å². The molecule has 0 unspecified atom stereocenters. The van der Waals surface area contributed by atoms with Crippen molar-refractivity contribution >= 4 is 20.6 Å². The number of hydrogen-bond acceptors (Lipinski definition) is 2. The Kier molecular flexibility index (Phi) is 8.39. The highest BCUT2D eigenvalue weighted by Crippen LogP contribution is 1.84. The minimum Gasteiger partial charge on any atom is -0.391 e. The predicted octanol–water partition coefficient (Wildman–Crippen LogP) is 0.613. The van der Waals surface area contributed by atoms with Gasteiger partial charge in [0.15, 0.2) is 4.69 Å². The Labute approximate surface area is 76.7 Å². The molecule has 0 aromatic heterocycles. The van der Waals surface area contributed by atoms with Crippen molar-refractivity contribution in [3.63, 3.8) is 0 Å². The van der Waals surface area contributed by atoms with Gasteiger partial charge >= 0.3 is 0 Å². The second kappa shape index (κ2) is 6.76. The van der Waals surface area contributed by atoms with Crippen molar-refractivity contribution in [1.82, 2.24) is 0 Å². The lowest BCUT2D eigenvalue weighted by atomic mass is 10.5. The Hall–Kier alpha value is 0.0700. The van der Waals surface area contributed by atoms with Gasteiger partial charge in [0.25, 0.3) is 0 Å². The van der Waals surface area contributed by atoms with Gasteiger partial charge in [0, 0.05) is 6.92 Å². The molecule has 1 N–H and O–H groups in total. The first-order chi connectivity index (χ1) is 4.79. The predicted molar refractivity (Wildman–Crippen MR) is 49.6 cm³/mol. The van der Waals surface area contributed by atoms with E-state index in [4.69, 9.17) is 5.11 Å². The number of quaternary nitrogens is 1. The summed E-state index contributed by atoms with van der Waals surface area (Å²) in [6.45, 7) is 2.56. The maximum absolute atomic E-state index is 9.36. The van der Waals surface area contributed by atoms with Crippen molar-refractivity contribution in [2.45, 2.75) is 6.92 Å². The Morgan fingerprint density at radius 2 is 1.73 bits per heavy atom. The molecule has 0 aromatic rings. The summed E-state index contributed by atoms with van der Waals surface area (Å²) in [7, 11) is 6.16. The minimum atomic E-state index is -0.0208. The summed E-state index contributed by atoms with van der Waals surface area (Å²) in [6.07, 6.45) is 0. The number of aliphatic hydroxyl groups is 1. The molecule has 0 aliphatic heterocycles. The molecule has 0 saturated heterocycles. The SMILES string of the molecule is CC(=O)Br.C[N+](C)(C)CCO. The van der Waals surface area contributed by atoms with E-state index in [0.29, 0.717) is 0 Å². The first kappa shape index (κ1) is 13.6. The number of aliphatic hydroxyl groups excluding tert-OH is 1. The summed E-state index contributed by atoms with van der Waals surface area (Å²) < 4.78 is 0.823. The summed E-state index contributed by atoms with van der Waals surface area (Å²) >= 11 is 2.63. The summed E-state index contributed by atoms with van der Waals surface area (Å²) in [5, 5.41) is 8.39. The van der Waals surface area contributed by atoms with E-state index in [0.717, 1.165) is 11.0 Å². The minimum absolute atomic E-state index is 0.0208. The molecule has 0 atom stereocenters. The number of carbonyl (C=O) groups is 1. The molecular formula is C7H17BrNO2+. The number of hydrogen-bond donors (Lipinski definition) is 1. The lowest BCUT2D eigenvalue weighted by molar-refractivity contribution is -0.870. The fraction of sp³-hybridized carbons (Fsp3) is 0.857. The fourth-order valence-corrected chi connectivity index (χ4v) is 0.300. The maximum Gasteiger partial charge on any atom is 0.194 e. The van der Waals surface area contributed by atoms with Crippen molar-refractivity contribution < 1.29 is 14.4 Å². The van der Waals surface area contributed by atoms with E-state index in [9.17, 15) is 4.79 Å². The number of carbonyl (C=O) groups excluding carboxylic acids is 1. The lowest BCUT2D eigenvalue weighted by Gasteiger charge is -2.21. The van der Waals surface area contributed by atoms with Crippen LogP contribution in [0.5, 0.6) is 0 Å². The molecular weight excluding hydrogens is 210 g/mol. The van der Waals surface area contributed by atoms with Crippen LogP contribution in [0.2, 0.25) is 0 Å². The van der Waals surface area contributed by atoms with Crippen LogP contribution in [0.1, 0.15) is 6.92 Å². The molecule has 0 saturated carbocycles. The van der Waals surface area contributed by atoms with Gasteiger partial charge in [-0.05, 0) is 15.9 Å². The van der Waals surface area contributed by atoms with Gasteiger partial charge in [-0.2, -0.15) is 0 Å². The van der Waals surface area contributed by atoms with E-state index in [-0.39, 0.29) is 11.3 Å². The van der Waals surface area contributed by atoms with Gasteiger partial charge in [0.05, 0.1) is 27.7 Å². The summed E-state index contributed by atoms with van der Waals surface area (Å²) in [4.78, 5) is 9.36. The van der Waals surface area contributed by atoms with Crippen molar-refractivity contribution in [3.8, 4) is 0 Å². The molecule has 0 amide bonds. The van der Waals surface area contributed by atoms with Crippen LogP contribution in [0.4, 0.5) is 0 Å². The highest BCUT2D eigenvalue weighted by Gasteiger charge is 2.02. The molecule has 3 nitrogen and oxygen atoms in total. The van der Waals surface area contributed by atoms with E-state index in [2.05, 4.69) is 37.1 Å². The highest BCUT2D eigenvalue weighted by atomic mass is 79.9. The van der Waals surface area contributed by atoms with Crippen LogP contribution in [-0.4, -0.2) is 48.6 Å². The Bertz CT molecular complexity index is 105. The quantitative estimate of drug-likeness (QED) is 0.554. The van der Waals surface area contributed by atoms with Crippen LogP contribution in [0, 0.1) is 0 Å². The molecule has 11 heavy (non-hydrogen) atoms. The smallest absolute Gasteiger partial charge is 0.194 e. The number of rotatable bonds is 2. The molecule has 0 aliphatic rings. The van der Waals surface area contributed by atoms with E-state index in [1.807, 2.05) is 0 Å². The van der Waals surface area contributed by atoms with E-state index in [1.165, 1.54) is 6.92 Å². The monoisotopic (exact) mass is 226 g/mol. The number of nitrogens with zero attached hydrogens (tertiary/aromatic N) is 1. The molecule has 0 heterocycles. The highest BCUT2D eigenvalue weighted by molar-refractivity contribution is 9.18. The molecule has 68 valence electrons. The van der Waals surface area contributed by atoms with Crippen molar-refractivity contribution in [2.24, 2.45) is 0 Å². The second-order valence-corrected chi connectivity index (χ2v) is 4.32. The molecule has 0 radical (unpaired) electrons. The molecule has 0 rings (SSSR count). The van der Waals surface area contributed by atoms with E-state index < -0.39 is 0 Å². The normalized spacial score (nSPS) is 10.0. The van der Waals surface area contributed by atoms with Crippen molar-refractivity contribution in [1.29, 1.82) is 0 Å². The van der Waals surface area contributed by atoms with Crippen LogP contribution in [0.25, 0.3) is 0 Å². The van der Waals surface area contributed by atoms with Crippen LogP contribution in [0.15, 0.2) is 0 Å². The molecule has 0 fully saturated rings. The zero-order chi connectivity index (χ0) is 9.49. The van der Waals surface area contributed by atoms with E-state index >= 15 is 0 Å². The van der Waals surface area contributed by atoms with Crippen LogP contribution in [-0.2, 0) is 4.79 Å². The Balaban J connectivity index is 0. The zero-order valence-corrected chi connectivity index (χ0v) is 9.18. The number of likely N-dealkylation sites (N-methyl/N-ethyl adjacent to an activating group) is 1. The lowest BCUT2D eigenvalue weighted by Crippen LogP contribution is -2.36. The van der Waals surface area contributed by atoms with Crippen LogP contribution in [0.3, 0.4) is 0 Å². The average molecular weight is 227 g/mol. The zero-order valence-electron chi connectivity index (χ0n) is 7.59. The summed E-state index contributed by atoms with van der Waals surface area (Å²) in [6, 6.07) is 0. The van der Waals surface area contributed by atoms with E-state index in [1.54, 1.807) is 0 Å². The van der Waals surface area contributed by atoms with Gasteiger partial charge in [0.2, 0.25) is 0 Å². The molecule has 0 spiro atoms. The standard InChI is InChI=1S/C5H14NO.C2H3BrO/c1-6(2,3)4-5-7;1-2(3)4/h7H,4-5H2,1-3H3;1H3/q+1;. The maximum atomic E-state index is 9.36. The van der Waals surface area contributed by atoms with Crippen LogP contribution < -0.4 is 0 Å². The average Bonchev–Trinajstić information content (AvgIpc) is 1.58. The topological polar surface area (TPSA) is 37.3 Å². The van der Waals surface area contributed by atoms with Gasteiger partial charge in [-0.15, -0.1) is 0 Å². The molecule has 0 aliphatic carbocycles. The number of halogens is 1. The first-order valence-corrected chi connectivity index (χ1v) is 4.16. The van der Waals surface area contributed by atoms with Gasteiger partial charge in [-0.25, -0.2) is 0 Å². The second-order valence-electron chi connectivity index (χ2n) is 3.21. The Morgan fingerprint density at radius 1 is 1.45 bits per heavy atom. The fourth-order valence-electron chi connectivity index (χ4n) is 0.300. The molecule has 0 aromatic carbocycles. The molecule has 0 bridgehead atoms. The third kappa shape index (κ3) is 39.6. The van der Waals surface area contributed by atoms with Gasteiger partial charge < -0.3 is 9.59 Å². The third-order valence-electron chi connectivity index (χ3n) is 0.771. The first-order valence-electron chi connectivity index (χ1n) is 3.37. The van der Waals surface area contributed by atoms with Gasteiger partial charge in [-0.3, -0.25) is 4.79 Å². The molecule has 4 heteroatoms. The summed E-state index contributed by atoms with van der Waals surface area (Å²) in [5.41, 5.74) is 0. The van der Waals surface area contributed by atoms with Gasteiger partial charge in [-0.1, -0.05) is 0 Å². The largest absolute Gasteiger partial charge is 0.391 e. The van der Waals surface area contributed by atoms with Gasteiger partial charge in [0.1, 0.15) is 6.54 Å². The van der Waals surface area contributed by atoms with Crippen LogP contribution >= 0.6 is 15.9 Å². The Morgan fingerprint density at radius 3 is 1.73 bits per heavy atom.